The predicted octanol–water partition coefficient (Wildman–Crippen LogP) is 1.83. The Hall–Kier alpha value is -1.26. The third-order valence-electron chi connectivity index (χ3n) is 2.89. The van der Waals surface area contributed by atoms with Gasteiger partial charge in [-0.2, -0.15) is 0 Å². The summed E-state index contributed by atoms with van der Waals surface area (Å²) < 4.78 is 5.28. The average Bonchev–Trinajstić information content (AvgIpc) is 2.69. The molecule has 92 valence electrons. The number of halogens is 1. The lowest BCUT2D eigenvalue weighted by atomic mass is 10.0. The second kappa shape index (κ2) is 4.55. The molecule has 0 spiro atoms. The summed E-state index contributed by atoms with van der Waals surface area (Å²) in [6.07, 6.45) is 0.821. The summed E-state index contributed by atoms with van der Waals surface area (Å²) in [5.41, 5.74) is 6.30. The zero-order chi connectivity index (χ0) is 12.5. The lowest BCUT2D eigenvalue weighted by molar-refractivity contribution is 0.0890. The molecule has 0 radical (unpaired) electrons. The van der Waals surface area contributed by atoms with E-state index in [4.69, 9.17) is 22.1 Å². The molecule has 0 bridgehead atoms. The van der Waals surface area contributed by atoms with Crippen molar-refractivity contribution in [3.8, 4) is 0 Å². The van der Waals surface area contributed by atoms with Gasteiger partial charge in [0.25, 0.3) is 5.91 Å². The van der Waals surface area contributed by atoms with E-state index in [0.717, 1.165) is 6.42 Å². The van der Waals surface area contributed by atoms with Crippen molar-refractivity contribution in [1.82, 2.24) is 5.32 Å². The average molecular weight is 255 g/mol. The Labute approximate surface area is 105 Å². The van der Waals surface area contributed by atoms with Crippen LogP contribution in [0, 0.1) is 0 Å². The second-order valence-electron chi connectivity index (χ2n) is 4.55. The molecule has 1 heterocycles. The molecule has 1 aliphatic heterocycles. The Kier molecular flexibility index (Phi) is 3.26. The quantitative estimate of drug-likeness (QED) is 0.792. The topological polar surface area (TPSA) is 64.4 Å². The number of nitrogens with two attached hydrogens (primary N) is 1. The minimum atomic E-state index is -0.286. The van der Waals surface area contributed by atoms with Crippen LogP contribution in [0.2, 0.25) is 5.02 Å². The molecule has 0 aliphatic carbocycles. The van der Waals surface area contributed by atoms with Crippen molar-refractivity contribution < 1.29 is 9.53 Å². The van der Waals surface area contributed by atoms with E-state index in [0.29, 0.717) is 29.5 Å². The monoisotopic (exact) mass is 254 g/mol. The summed E-state index contributed by atoms with van der Waals surface area (Å²) >= 11 is 5.81. The molecular weight excluding hydrogens is 240 g/mol. The Bertz CT molecular complexity index is 442. The van der Waals surface area contributed by atoms with E-state index in [1.165, 1.54) is 0 Å². The van der Waals surface area contributed by atoms with Gasteiger partial charge in [-0.1, -0.05) is 11.6 Å². The maximum Gasteiger partial charge on any atom is 0.251 e. The van der Waals surface area contributed by atoms with Crippen LogP contribution >= 0.6 is 11.6 Å². The summed E-state index contributed by atoms with van der Waals surface area (Å²) in [5.74, 6) is -0.152. The molecule has 1 saturated heterocycles. The second-order valence-corrected chi connectivity index (χ2v) is 4.96. The van der Waals surface area contributed by atoms with Crippen LogP contribution in [0.5, 0.6) is 0 Å². The van der Waals surface area contributed by atoms with Gasteiger partial charge in [-0.3, -0.25) is 4.79 Å². The summed E-state index contributed by atoms with van der Waals surface area (Å²) in [7, 11) is 0. The highest BCUT2D eigenvalue weighted by Crippen LogP contribution is 2.21. The van der Waals surface area contributed by atoms with Crippen molar-refractivity contribution in [1.29, 1.82) is 0 Å². The molecule has 17 heavy (non-hydrogen) atoms. The molecule has 2 rings (SSSR count). The minimum absolute atomic E-state index is 0.152. The first-order chi connectivity index (χ1) is 8.00. The van der Waals surface area contributed by atoms with Gasteiger partial charge < -0.3 is 15.8 Å². The number of carbonyl (C=O) groups excluding carboxylic acids is 1. The third kappa shape index (κ3) is 2.70. The Morgan fingerprint density at radius 3 is 2.94 bits per heavy atom. The molecular formula is C12H15ClN2O2. The first kappa shape index (κ1) is 12.2. The fraction of sp³-hybridized carbons (Fsp3) is 0.417. The summed E-state index contributed by atoms with van der Waals surface area (Å²) in [6, 6.07) is 4.86. The Balaban J connectivity index is 2.11. The number of ether oxygens (including phenoxy) is 1. The van der Waals surface area contributed by atoms with Gasteiger partial charge in [0.2, 0.25) is 0 Å². The smallest absolute Gasteiger partial charge is 0.251 e. The third-order valence-corrected chi connectivity index (χ3v) is 3.24. The molecule has 1 aliphatic rings. The molecule has 1 aromatic carbocycles. The van der Waals surface area contributed by atoms with Crippen LogP contribution < -0.4 is 11.1 Å². The summed E-state index contributed by atoms with van der Waals surface area (Å²) in [6.45, 7) is 3.19. The summed E-state index contributed by atoms with van der Waals surface area (Å²) in [5, 5.41) is 3.41. The van der Waals surface area contributed by atoms with Crippen LogP contribution in [-0.4, -0.2) is 24.7 Å². The standard InChI is InChI=1S/C12H15ClN2O2/c1-12(4-5-17-7-12)15-11(16)8-2-3-9(13)10(14)6-8/h2-3,6H,4-5,7,14H2,1H3,(H,15,16). The van der Waals surface area contributed by atoms with E-state index >= 15 is 0 Å². The van der Waals surface area contributed by atoms with Gasteiger partial charge in [0.05, 0.1) is 22.9 Å². The molecule has 0 saturated carbocycles. The molecule has 1 aromatic rings. The first-order valence-corrected chi connectivity index (χ1v) is 5.83. The number of benzene rings is 1. The van der Waals surface area contributed by atoms with Crippen molar-refractivity contribution >= 4 is 23.2 Å². The number of nitrogens with one attached hydrogen (secondary N) is 1. The van der Waals surface area contributed by atoms with E-state index in [-0.39, 0.29) is 11.4 Å². The zero-order valence-electron chi connectivity index (χ0n) is 9.63. The Morgan fingerprint density at radius 1 is 1.59 bits per heavy atom. The van der Waals surface area contributed by atoms with Gasteiger partial charge in [-0.25, -0.2) is 0 Å². The van der Waals surface area contributed by atoms with E-state index < -0.39 is 0 Å². The Morgan fingerprint density at radius 2 is 2.35 bits per heavy atom. The molecule has 1 atom stereocenters. The molecule has 1 unspecified atom stereocenters. The van der Waals surface area contributed by atoms with E-state index in [9.17, 15) is 4.79 Å². The highest BCUT2D eigenvalue weighted by Gasteiger charge is 2.31. The number of hydrogen-bond donors (Lipinski definition) is 2. The van der Waals surface area contributed by atoms with Crippen molar-refractivity contribution in [2.45, 2.75) is 18.9 Å². The number of amides is 1. The van der Waals surface area contributed by atoms with Crippen LogP contribution in [0.4, 0.5) is 5.69 Å². The number of hydrogen-bond acceptors (Lipinski definition) is 3. The fourth-order valence-corrected chi connectivity index (χ4v) is 1.91. The van der Waals surface area contributed by atoms with Crippen LogP contribution in [0.1, 0.15) is 23.7 Å². The lowest BCUT2D eigenvalue weighted by Gasteiger charge is -2.23. The number of anilines is 1. The normalized spacial score (nSPS) is 23.6. The van der Waals surface area contributed by atoms with E-state index in [2.05, 4.69) is 5.32 Å². The van der Waals surface area contributed by atoms with Gasteiger partial charge in [-0.05, 0) is 31.5 Å². The largest absolute Gasteiger partial charge is 0.398 e. The predicted molar refractivity (Wildman–Crippen MR) is 67.2 cm³/mol. The van der Waals surface area contributed by atoms with Crippen molar-refractivity contribution in [3.63, 3.8) is 0 Å². The zero-order valence-corrected chi connectivity index (χ0v) is 10.4. The van der Waals surface area contributed by atoms with Gasteiger partial charge in [0, 0.05) is 12.2 Å². The van der Waals surface area contributed by atoms with Crippen LogP contribution in [-0.2, 0) is 4.74 Å². The van der Waals surface area contributed by atoms with E-state index in [1.54, 1.807) is 18.2 Å². The first-order valence-electron chi connectivity index (χ1n) is 5.45. The van der Waals surface area contributed by atoms with Crippen molar-refractivity contribution in [2.24, 2.45) is 0 Å². The number of nitrogen functional groups attached to an aromatic ring is 1. The molecule has 5 heteroatoms. The van der Waals surface area contributed by atoms with Crippen LogP contribution in [0.25, 0.3) is 0 Å². The minimum Gasteiger partial charge on any atom is -0.398 e. The lowest BCUT2D eigenvalue weighted by Crippen LogP contribution is -2.46. The molecule has 0 aromatic heterocycles. The SMILES string of the molecule is CC1(NC(=O)c2ccc(Cl)c(N)c2)CCOC1. The van der Waals surface area contributed by atoms with Crippen molar-refractivity contribution in [2.75, 3.05) is 18.9 Å². The van der Waals surface area contributed by atoms with Gasteiger partial charge >= 0.3 is 0 Å². The molecule has 1 amide bonds. The molecule has 4 nitrogen and oxygen atoms in total. The van der Waals surface area contributed by atoms with Crippen LogP contribution in [0.15, 0.2) is 18.2 Å². The maximum absolute atomic E-state index is 12.0. The van der Waals surface area contributed by atoms with Crippen molar-refractivity contribution in [3.05, 3.63) is 28.8 Å². The van der Waals surface area contributed by atoms with Gasteiger partial charge in [0.1, 0.15) is 0 Å². The van der Waals surface area contributed by atoms with Gasteiger partial charge in [0.15, 0.2) is 0 Å². The highest BCUT2D eigenvalue weighted by atomic mass is 35.5. The fourth-order valence-electron chi connectivity index (χ4n) is 1.80. The highest BCUT2D eigenvalue weighted by molar-refractivity contribution is 6.33. The van der Waals surface area contributed by atoms with Gasteiger partial charge in [-0.15, -0.1) is 0 Å². The molecule has 3 N–H and O–H groups in total. The number of rotatable bonds is 2. The van der Waals surface area contributed by atoms with Crippen LogP contribution in [0.3, 0.4) is 0 Å². The van der Waals surface area contributed by atoms with E-state index in [1.807, 2.05) is 6.92 Å². The number of carbonyl (C=O) groups is 1. The maximum atomic E-state index is 12.0. The molecule has 1 fully saturated rings. The summed E-state index contributed by atoms with van der Waals surface area (Å²) in [4.78, 5) is 12.0.